The Hall–Kier alpha value is -0.570. The molecule has 0 aromatic carbocycles. The van der Waals surface area contributed by atoms with Crippen molar-refractivity contribution < 1.29 is 9.90 Å². The highest BCUT2D eigenvalue weighted by molar-refractivity contribution is 5.62. The molecule has 3 nitrogen and oxygen atoms in total. The number of nitrogens with zero attached hydrogens (tertiary/aromatic N) is 1. The summed E-state index contributed by atoms with van der Waals surface area (Å²) in [5.74, 6) is -0.833. The first-order valence-corrected chi connectivity index (χ1v) is 6.91. The van der Waals surface area contributed by atoms with Crippen LogP contribution in [0.3, 0.4) is 0 Å². The van der Waals surface area contributed by atoms with Crippen molar-refractivity contribution in [3.05, 3.63) is 0 Å². The van der Waals surface area contributed by atoms with Crippen LogP contribution in [0.1, 0.15) is 67.2 Å². The van der Waals surface area contributed by atoms with Crippen molar-refractivity contribution in [1.82, 2.24) is 4.90 Å². The molecule has 1 N–H and O–H groups in total. The van der Waals surface area contributed by atoms with Gasteiger partial charge in [-0.3, -0.25) is 4.79 Å². The molecule has 0 aliphatic heterocycles. The third-order valence-electron chi connectivity index (χ3n) is 2.30. The minimum absolute atomic E-state index is 0.833. The van der Waals surface area contributed by atoms with E-state index in [1.165, 1.54) is 45.3 Å². The molecule has 17 heavy (non-hydrogen) atoms. The number of hydrogen-bond donors (Lipinski definition) is 1. The fourth-order valence-electron chi connectivity index (χ4n) is 1.17. The van der Waals surface area contributed by atoms with Crippen molar-refractivity contribution in [3.8, 4) is 0 Å². The highest BCUT2D eigenvalue weighted by Crippen LogP contribution is 1.95. The Morgan fingerprint density at radius 2 is 1.12 bits per heavy atom. The summed E-state index contributed by atoms with van der Waals surface area (Å²) in [7, 11) is 0. The van der Waals surface area contributed by atoms with Gasteiger partial charge in [0.05, 0.1) is 0 Å². The molecular formula is C14H33NO2. The third kappa shape index (κ3) is 39.2. The number of unbranched alkanes of at least 4 members (excludes halogenated alkanes) is 3. The average Bonchev–Trinajstić information content (AvgIpc) is 2.29. The van der Waals surface area contributed by atoms with E-state index in [0.29, 0.717) is 0 Å². The van der Waals surface area contributed by atoms with Crippen LogP contribution in [-0.4, -0.2) is 35.6 Å². The molecule has 0 fully saturated rings. The van der Waals surface area contributed by atoms with E-state index in [4.69, 9.17) is 9.90 Å². The molecule has 0 saturated heterocycles. The van der Waals surface area contributed by atoms with Crippen LogP contribution in [-0.2, 0) is 4.79 Å². The molecule has 0 saturated carbocycles. The summed E-state index contributed by atoms with van der Waals surface area (Å²) in [6, 6.07) is 0. The molecule has 106 valence electrons. The van der Waals surface area contributed by atoms with Gasteiger partial charge in [0.2, 0.25) is 0 Å². The van der Waals surface area contributed by atoms with Crippen LogP contribution in [0.5, 0.6) is 0 Å². The van der Waals surface area contributed by atoms with E-state index < -0.39 is 5.97 Å². The molecule has 0 heterocycles. The van der Waals surface area contributed by atoms with Crippen molar-refractivity contribution in [2.75, 3.05) is 19.6 Å². The average molecular weight is 247 g/mol. The van der Waals surface area contributed by atoms with Crippen LogP contribution in [0.25, 0.3) is 0 Å². The number of hydrogen-bond acceptors (Lipinski definition) is 2. The monoisotopic (exact) mass is 247 g/mol. The summed E-state index contributed by atoms with van der Waals surface area (Å²) in [6.45, 7) is 15.7. The molecule has 0 bridgehead atoms. The predicted octanol–water partition coefficient (Wildman–Crippen LogP) is 4.03. The van der Waals surface area contributed by atoms with E-state index in [-0.39, 0.29) is 0 Å². The van der Waals surface area contributed by atoms with Crippen LogP contribution < -0.4 is 0 Å². The summed E-state index contributed by atoms with van der Waals surface area (Å²) in [6.07, 6.45) is 5.54. The molecule has 0 radical (unpaired) electrons. The maximum Gasteiger partial charge on any atom is 0.300 e. The van der Waals surface area contributed by atoms with Crippen LogP contribution in [0.4, 0.5) is 0 Å². The van der Waals surface area contributed by atoms with Gasteiger partial charge in [-0.05, 0) is 19.6 Å². The van der Waals surface area contributed by atoms with E-state index in [1.54, 1.807) is 0 Å². The normalized spacial score (nSPS) is 8.88. The molecule has 3 heteroatoms. The van der Waals surface area contributed by atoms with Gasteiger partial charge in [-0.1, -0.05) is 60.3 Å². The Bertz CT molecular complexity index is 121. The summed E-state index contributed by atoms with van der Waals surface area (Å²) >= 11 is 0. The van der Waals surface area contributed by atoms with E-state index in [1.807, 2.05) is 0 Å². The maximum absolute atomic E-state index is 9.00. The first kappa shape index (κ1) is 21.7. The SMILES string of the molecule is CC(=O)O.CCCCCC.CCN(CC)CC. The molecule has 0 aliphatic rings. The van der Waals surface area contributed by atoms with Gasteiger partial charge < -0.3 is 10.0 Å². The highest BCUT2D eigenvalue weighted by atomic mass is 16.4. The topological polar surface area (TPSA) is 40.5 Å². The number of carboxylic acids is 1. The van der Waals surface area contributed by atoms with Gasteiger partial charge in [0, 0.05) is 6.92 Å². The molecule has 0 unspecified atom stereocenters. The van der Waals surface area contributed by atoms with Gasteiger partial charge in [-0.15, -0.1) is 0 Å². The van der Waals surface area contributed by atoms with E-state index in [9.17, 15) is 0 Å². The zero-order valence-electron chi connectivity index (χ0n) is 12.8. The molecule has 0 spiro atoms. The summed E-state index contributed by atoms with van der Waals surface area (Å²) in [4.78, 5) is 11.4. The van der Waals surface area contributed by atoms with Gasteiger partial charge in [-0.25, -0.2) is 0 Å². The Kier molecular flexibility index (Phi) is 26.5. The van der Waals surface area contributed by atoms with Crippen LogP contribution >= 0.6 is 0 Å². The molecule has 0 atom stereocenters. The standard InChI is InChI=1S/C6H15N.C6H14.C2H4O2/c1-4-7(5-2)6-3;1-3-5-6-4-2;1-2(3)4/h4-6H2,1-3H3;3-6H2,1-2H3;1H3,(H,3,4). The first-order chi connectivity index (χ1) is 7.99. The van der Waals surface area contributed by atoms with Crippen molar-refractivity contribution in [1.29, 1.82) is 0 Å². The molecule has 0 aromatic rings. The number of rotatable bonds is 6. The van der Waals surface area contributed by atoms with Crippen LogP contribution in [0.2, 0.25) is 0 Å². The third-order valence-corrected chi connectivity index (χ3v) is 2.30. The van der Waals surface area contributed by atoms with Crippen molar-refractivity contribution >= 4 is 5.97 Å². The summed E-state index contributed by atoms with van der Waals surface area (Å²) in [5, 5.41) is 7.42. The van der Waals surface area contributed by atoms with E-state index in [0.717, 1.165) is 6.92 Å². The van der Waals surface area contributed by atoms with Crippen LogP contribution in [0.15, 0.2) is 0 Å². The Morgan fingerprint density at radius 1 is 0.882 bits per heavy atom. The fourth-order valence-corrected chi connectivity index (χ4v) is 1.17. The van der Waals surface area contributed by atoms with Gasteiger partial charge in [-0.2, -0.15) is 0 Å². The Morgan fingerprint density at radius 3 is 1.18 bits per heavy atom. The van der Waals surface area contributed by atoms with Crippen molar-refractivity contribution in [2.24, 2.45) is 0 Å². The lowest BCUT2D eigenvalue weighted by molar-refractivity contribution is -0.134. The Labute approximate surface area is 108 Å². The molecule has 0 aliphatic carbocycles. The summed E-state index contributed by atoms with van der Waals surface area (Å²) < 4.78 is 0. The molecule has 0 amide bonds. The molecular weight excluding hydrogens is 214 g/mol. The summed E-state index contributed by atoms with van der Waals surface area (Å²) in [5.41, 5.74) is 0. The lowest BCUT2D eigenvalue weighted by Crippen LogP contribution is -2.21. The van der Waals surface area contributed by atoms with Gasteiger partial charge in [0.25, 0.3) is 5.97 Å². The number of carboxylic acid groups (broad SMARTS) is 1. The number of carbonyl (C=O) groups is 1. The smallest absolute Gasteiger partial charge is 0.300 e. The quantitative estimate of drug-likeness (QED) is 0.721. The van der Waals surface area contributed by atoms with Gasteiger partial charge in [0.1, 0.15) is 0 Å². The molecule has 0 rings (SSSR count). The first-order valence-electron chi connectivity index (χ1n) is 6.91. The van der Waals surface area contributed by atoms with E-state index in [2.05, 4.69) is 39.5 Å². The second kappa shape index (κ2) is 20.8. The minimum Gasteiger partial charge on any atom is -0.481 e. The Balaban J connectivity index is -0.000000180. The largest absolute Gasteiger partial charge is 0.481 e. The van der Waals surface area contributed by atoms with Gasteiger partial charge in [0.15, 0.2) is 0 Å². The second-order valence-corrected chi connectivity index (χ2v) is 3.85. The van der Waals surface area contributed by atoms with Gasteiger partial charge >= 0.3 is 0 Å². The maximum atomic E-state index is 9.00. The predicted molar refractivity (Wildman–Crippen MR) is 76.6 cm³/mol. The number of aliphatic carboxylic acids is 1. The minimum atomic E-state index is -0.833. The second-order valence-electron chi connectivity index (χ2n) is 3.85. The van der Waals surface area contributed by atoms with Crippen molar-refractivity contribution in [3.63, 3.8) is 0 Å². The van der Waals surface area contributed by atoms with E-state index >= 15 is 0 Å². The zero-order valence-corrected chi connectivity index (χ0v) is 12.8. The molecule has 0 aromatic heterocycles. The highest BCUT2D eigenvalue weighted by Gasteiger charge is 1.89. The zero-order chi connectivity index (χ0) is 14.1. The van der Waals surface area contributed by atoms with Crippen LogP contribution in [0, 0.1) is 0 Å². The fraction of sp³-hybridized carbons (Fsp3) is 0.929. The lowest BCUT2D eigenvalue weighted by Gasteiger charge is -2.13. The van der Waals surface area contributed by atoms with Crippen molar-refractivity contribution in [2.45, 2.75) is 67.2 Å². The lowest BCUT2D eigenvalue weighted by atomic mass is 10.2.